The molecule has 2 aromatic rings. The molecule has 0 aliphatic carbocycles. The van der Waals surface area contributed by atoms with Gasteiger partial charge in [-0.1, -0.05) is 0 Å². The Morgan fingerprint density at radius 1 is 1.47 bits per heavy atom. The molecular weight excluding hydrogens is 220 g/mol. The number of aromatic amines is 1. The number of aryl methyl sites for hydroxylation is 1. The van der Waals surface area contributed by atoms with E-state index in [-0.39, 0.29) is 5.56 Å². The molecule has 0 spiro atoms. The average molecular weight is 232 g/mol. The third kappa shape index (κ3) is 1.68. The van der Waals surface area contributed by atoms with Gasteiger partial charge in [-0.25, -0.2) is 4.98 Å². The zero-order valence-corrected chi connectivity index (χ0v) is 9.45. The molecule has 0 atom stereocenters. The lowest BCUT2D eigenvalue weighted by atomic mass is 10.1. The van der Waals surface area contributed by atoms with Crippen LogP contribution in [0.4, 0.5) is 0 Å². The van der Waals surface area contributed by atoms with Gasteiger partial charge in [0.25, 0.3) is 5.56 Å². The Kier molecular flexibility index (Phi) is 2.33. The van der Waals surface area contributed by atoms with Gasteiger partial charge in [-0.2, -0.15) is 0 Å². The van der Waals surface area contributed by atoms with Crippen LogP contribution < -0.4 is 5.56 Å². The van der Waals surface area contributed by atoms with Crippen molar-refractivity contribution in [2.24, 2.45) is 0 Å². The van der Waals surface area contributed by atoms with Crippen LogP contribution in [0.15, 0.2) is 21.5 Å². The number of H-pyrrole nitrogens is 1. The fraction of sp³-hybridized carbons (Fsp3) is 0.333. The molecule has 0 bridgehead atoms. The van der Waals surface area contributed by atoms with E-state index in [2.05, 4.69) is 9.97 Å². The average Bonchev–Trinajstić information content (AvgIpc) is 2.75. The van der Waals surface area contributed by atoms with Crippen LogP contribution in [-0.4, -0.2) is 16.6 Å². The predicted molar refractivity (Wildman–Crippen MR) is 60.7 cm³/mol. The Labute approximate surface area is 97.5 Å². The molecule has 2 aromatic heterocycles. The lowest BCUT2D eigenvalue weighted by Gasteiger charge is -2.15. The summed E-state index contributed by atoms with van der Waals surface area (Å²) in [4.78, 5) is 19.1. The Hall–Kier alpha value is -1.88. The molecule has 0 saturated carbocycles. The van der Waals surface area contributed by atoms with Crippen molar-refractivity contribution in [2.45, 2.75) is 20.0 Å². The van der Waals surface area contributed by atoms with Crippen molar-refractivity contribution in [2.75, 3.05) is 6.61 Å². The highest BCUT2D eigenvalue weighted by Crippen LogP contribution is 2.21. The third-order valence-corrected chi connectivity index (χ3v) is 2.94. The SMILES string of the molecule is Cc1occc1-c1nc2c(c(=O)[nH]1)COCC2. The van der Waals surface area contributed by atoms with Crippen molar-refractivity contribution >= 4 is 0 Å². The van der Waals surface area contributed by atoms with E-state index < -0.39 is 0 Å². The lowest BCUT2D eigenvalue weighted by Crippen LogP contribution is -2.24. The number of nitrogens with one attached hydrogen (secondary N) is 1. The first kappa shape index (κ1) is 10.3. The van der Waals surface area contributed by atoms with Crippen LogP contribution in [0.3, 0.4) is 0 Å². The second kappa shape index (κ2) is 3.85. The van der Waals surface area contributed by atoms with Gasteiger partial charge in [-0.05, 0) is 13.0 Å². The van der Waals surface area contributed by atoms with E-state index in [0.29, 0.717) is 31.0 Å². The Morgan fingerprint density at radius 2 is 2.35 bits per heavy atom. The summed E-state index contributed by atoms with van der Waals surface area (Å²) in [6.45, 7) is 2.81. The zero-order chi connectivity index (χ0) is 11.8. The molecule has 0 fully saturated rings. The molecule has 0 unspecified atom stereocenters. The van der Waals surface area contributed by atoms with Crippen molar-refractivity contribution in [1.82, 2.24) is 9.97 Å². The molecule has 0 radical (unpaired) electrons. The third-order valence-electron chi connectivity index (χ3n) is 2.94. The van der Waals surface area contributed by atoms with Crippen LogP contribution in [0, 0.1) is 6.92 Å². The normalized spacial score (nSPS) is 14.6. The fourth-order valence-corrected chi connectivity index (χ4v) is 2.00. The number of aromatic nitrogens is 2. The molecule has 5 heteroatoms. The van der Waals surface area contributed by atoms with Crippen molar-refractivity contribution in [3.63, 3.8) is 0 Å². The highest BCUT2D eigenvalue weighted by Gasteiger charge is 2.17. The summed E-state index contributed by atoms with van der Waals surface area (Å²) in [7, 11) is 0. The van der Waals surface area contributed by atoms with Crippen LogP contribution >= 0.6 is 0 Å². The topological polar surface area (TPSA) is 68.1 Å². The minimum Gasteiger partial charge on any atom is -0.469 e. The Bertz CT molecular complexity index is 612. The highest BCUT2D eigenvalue weighted by atomic mass is 16.5. The number of hydrogen-bond donors (Lipinski definition) is 1. The summed E-state index contributed by atoms with van der Waals surface area (Å²) in [5.41, 5.74) is 2.18. The first-order chi connectivity index (χ1) is 8.25. The van der Waals surface area contributed by atoms with Gasteiger partial charge in [0.1, 0.15) is 11.6 Å². The molecule has 1 aliphatic heterocycles. The molecular formula is C12H12N2O3. The molecule has 1 aliphatic rings. The largest absolute Gasteiger partial charge is 0.469 e. The molecule has 88 valence electrons. The first-order valence-corrected chi connectivity index (χ1v) is 5.50. The lowest BCUT2D eigenvalue weighted by molar-refractivity contribution is 0.108. The highest BCUT2D eigenvalue weighted by molar-refractivity contribution is 5.57. The standard InChI is InChI=1S/C12H12N2O3/c1-7-8(2-5-17-7)11-13-10-3-4-16-6-9(10)12(15)14-11/h2,5H,3-4,6H2,1H3,(H,13,14,15). The van der Waals surface area contributed by atoms with Gasteiger partial charge >= 0.3 is 0 Å². The van der Waals surface area contributed by atoms with E-state index in [1.54, 1.807) is 12.3 Å². The number of hydrogen-bond acceptors (Lipinski definition) is 4. The summed E-state index contributed by atoms with van der Waals surface area (Å²) in [5, 5.41) is 0. The summed E-state index contributed by atoms with van der Waals surface area (Å²) in [6, 6.07) is 1.80. The fourth-order valence-electron chi connectivity index (χ4n) is 2.00. The molecule has 0 amide bonds. The van der Waals surface area contributed by atoms with E-state index in [0.717, 1.165) is 17.0 Å². The monoisotopic (exact) mass is 232 g/mol. The maximum atomic E-state index is 11.9. The van der Waals surface area contributed by atoms with Crippen molar-refractivity contribution < 1.29 is 9.15 Å². The Balaban J connectivity index is 2.17. The smallest absolute Gasteiger partial charge is 0.256 e. The molecule has 3 heterocycles. The van der Waals surface area contributed by atoms with Gasteiger partial charge in [0.2, 0.25) is 0 Å². The van der Waals surface area contributed by atoms with E-state index in [9.17, 15) is 4.79 Å². The summed E-state index contributed by atoms with van der Waals surface area (Å²) in [5.74, 6) is 1.32. The first-order valence-electron chi connectivity index (χ1n) is 5.50. The second-order valence-electron chi connectivity index (χ2n) is 4.03. The summed E-state index contributed by atoms with van der Waals surface area (Å²) < 4.78 is 10.5. The van der Waals surface area contributed by atoms with E-state index >= 15 is 0 Å². The van der Waals surface area contributed by atoms with Crippen LogP contribution in [0.25, 0.3) is 11.4 Å². The number of nitrogens with zero attached hydrogens (tertiary/aromatic N) is 1. The van der Waals surface area contributed by atoms with Gasteiger partial charge in [0.15, 0.2) is 0 Å². The van der Waals surface area contributed by atoms with Crippen LogP contribution in [0.1, 0.15) is 17.0 Å². The van der Waals surface area contributed by atoms with E-state index in [1.165, 1.54) is 0 Å². The van der Waals surface area contributed by atoms with Gasteiger partial charge < -0.3 is 14.1 Å². The van der Waals surface area contributed by atoms with Crippen molar-refractivity contribution in [1.29, 1.82) is 0 Å². The maximum absolute atomic E-state index is 11.9. The van der Waals surface area contributed by atoms with Gasteiger partial charge in [0.05, 0.1) is 36.3 Å². The number of furan rings is 1. The summed E-state index contributed by atoms with van der Waals surface area (Å²) in [6.07, 6.45) is 2.27. The van der Waals surface area contributed by atoms with Crippen molar-refractivity contribution in [3.8, 4) is 11.4 Å². The molecule has 3 rings (SSSR count). The van der Waals surface area contributed by atoms with Gasteiger partial charge in [0, 0.05) is 6.42 Å². The zero-order valence-electron chi connectivity index (χ0n) is 9.45. The number of rotatable bonds is 1. The molecule has 0 aromatic carbocycles. The van der Waals surface area contributed by atoms with Crippen molar-refractivity contribution in [3.05, 3.63) is 39.7 Å². The second-order valence-corrected chi connectivity index (χ2v) is 4.03. The number of fused-ring (bicyclic) bond motifs is 1. The number of ether oxygens (including phenoxy) is 1. The van der Waals surface area contributed by atoms with E-state index in [1.807, 2.05) is 6.92 Å². The Morgan fingerprint density at radius 3 is 3.12 bits per heavy atom. The quantitative estimate of drug-likeness (QED) is 0.807. The predicted octanol–water partition coefficient (Wildman–Crippen LogP) is 1.41. The minimum atomic E-state index is -0.120. The minimum absolute atomic E-state index is 0.120. The summed E-state index contributed by atoms with van der Waals surface area (Å²) >= 11 is 0. The van der Waals surface area contributed by atoms with Gasteiger partial charge in [-0.3, -0.25) is 4.79 Å². The molecule has 17 heavy (non-hydrogen) atoms. The molecule has 0 saturated heterocycles. The molecule has 5 nitrogen and oxygen atoms in total. The van der Waals surface area contributed by atoms with Gasteiger partial charge in [-0.15, -0.1) is 0 Å². The van der Waals surface area contributed by atoms with Crippen LogP contribution in [0.5, 0.6) is 0 Å². The van der Waals surface area contributed by atoms with E-state index in [4.69, 9.17) is 9.15 Å². The van der Waals surface area contributed by atoms with Crippen LogP contribution in [-0.2, 0) is 17.8 Å². The van der Waals surface area contributed by atoms with Crippen LogP contribution in [0.2, 0.25) is 0 Å². The molecule has 1 N–H and O–H groups in total. The maximum Gasteiger partial charge on any atom is 0.256 e.